The van der Waals surface area contributed by atoms with E-state index in [9.17, 15) is 22.8 Å². The first-order valence-corrected chi connectivity index (χ1v) is 4.11. The zero-order valence-electron chi connectivity index (χ0n) is 8.22. The predicted molar refractivity (Wildman–Crippen MR) is 42.9 cm³/mol. The molecular formula is C8H11F3O4. The van der Waals surface area contributed by atoms with Crippen LogP contribution in [0.3, 0.4) is 0 Å². The number of ketones is 1. The lowest BCUT2D eigenvalue weighted by Gasteiger charge is -2.26. The molecule has 0 radical (unpaired) electrons. The number of ether oxygens (including phenoxy) is 1. The summed E-state index contributed by atoms with van der Waals surface area (Å²) < 4.78 is 41.1. The van der Waals surface area contributed by atoms with Crippen molar-refractivity contribution >= 4 is 11.8 Å². The van der Waals surface area contributed by atoms with Crippen LogP contribution >= 0.6 is 0 Å². The molecule has 0 heterocycles. The van der Waals surface area contributed by atoms with Crippen molar-refractivity contribution in [3.8, 4) is 0 Å². The average molecular weight is 228 g/mol. The summed E-state index contributed by atoms with van der Waals surface area (Å²) in [5.74, 6) is -2.81. The second-order valence-corrected chi connectivity index (χ2v) is 2.96. The fourth-order valence-electron chi connectivity index (χ4n) is 0.899. The second kappa shape index (κ2) is 4.61. The highest BCUT2D eigenvalue weighted by atomic mass is 19.4. The topological polar surface area (TPSA) is 63.6 Å². The lowest BCUT2D eigenvalue weighted by molar-refractivity contribution is -0.262. The smallest absolute Gasteiger partial charge is 0.428 e. The number of esters is 1. The van der Waals surface area contributed by atoms with Crippen LogP contribution in [0.5, 0.6) is 0 Å². The third-order valence-electron chi connectivity index (χ3n) is 1.59. The Morgan fingerprint density at radius 3 is 2.07 bits per heavy atom. The first-order chi connectivity index (χ1) is 6.65. The van der Waals surface area contributed by atoms with Crippen LogP contribution < -0.4 is 0 Å². The molecule has 4 nitrogen and oxygen atoms in total. The van der Waals surface area contributed by atoms with Gasteiger partial charge >= 0.3 is 12.1 Å². The van der Waals surface area contributed by atoms with Crippen LogP contribution in [0.4, 0.5) is 13.2 Å². The maximum atomic E-state index is 12.3. The molecule has 0 rings (SSSR count). The number of carbonyl (C=O) groups excluding carboxylic acids is 2. The number of Topliss-reactive ketones (excluding diaryl/α,β-unsaturated/α-hetero) is 1. The van der Waals surface area contributed by atoms with Crippen LogP contribution in [0.25, 0.3) is 0 Å². The minimum atomic E-state index is -5.23. The van der Waals surface area contributed by atoms with Gasteiger partial charge in [-0.2, -0.15) is 13.2 Å². The van der Waals surface area contributed by atoms with Gasteiger partial charge in [0.1, 0.15) is 5.78 Å². The van der Waals surface area contributed by atoms with Crippen molar-refractivity contribution < 1.29 is 32.6 Å². The Labute approximate surface area is 84.0 Å². The van der Waals surface area contributed by atoms with E-state index in [0.717, 1.165) is 6.92 Å². The molecule has 1 atom stereocenters. The molecular weight excluding hydrogens is 217 g/mol. The standard InChI is InChI=1S/C8H11F3O4/c1-3-15-6(13)7(14,4-5(2)12)8(9,10)11/h14H,3-4H2,1-2H3. The van der Waals surface area contributed by atoms with Crippen molar-refractivity contribution in [3.63, 3.8) is 0 Å². The van der Waals surface area contributed by atoms with Gasteiger partial charge in [0.05, 0.1) is 13.0 Å². The van der Waals surface area contributed by atoms with Gasteiger partial charge in [0.2, 0.25) is 0 Å². The molecule has 0 spiro atoms. The Kier molecular flexibility index (Phi) is 4.27. The Balaban J connectivity index is 5.02. The van der Waals surface area contributed by atoms with Gasteiger partial charge in [-0.3, -0.25) is 4.79 Å². The van der Waals surface area contributed by atoms with Crippen LogP contribution in [0.15, 0.2) is 0 Å². The Morgan fingerprint density at radius 2 is 1.80 bits per heavy atom. The van der Waals surface area contributed by atoms with Gasteiger partial charge in [-0.15, -0.1) is 0 Å². The largest absolute Gasteiger partial charge is 0.464 e. The molecule has 0 saturated heterocycles. The molecule has 0 aromatic rings. The van der Waals surface area contributed by atoms with Gasteiger partial charge in [0.15, 0.2) is 0 Å². The lowest BCUT2D eigenvalue weighted by Crippen LogP contribution is -2.54. The maximum absolute atomic E-state index is 12.3. The van der Waals surface area contributed by atoms with E-state index >= 15 is 0 Å². The summed E-state index contributed by atoms with van der Waals surface area (Å²) in [6, 6.07) is 0. The molecule has 7 heteroatoms. The first-order valence-electron chi connectivity index (χ1n) is 4.11. The molecule has 0 aliphatic heterocycles. The van der Waals surface area contributed by atoms with Crippen LogP contribution in [0, 0.1) is 0 Å². The number of rotatable bonds is 4. The summed E-state index contributed by atoms with van der Waals surface area (Å²) in [4.78, 5) is 21.4. The molecule has 0 amide bonds. The van der Waals surface area contributed by atoms with Gasteiger partial charge in [0.25, 0.3) is 5.60 Å². The summed E-state index contributed by atoms with van der Waals surface area (Å²) >= 11 is 0. The fourth-order valence-corrected chi connectivity index (χ4v) is 0.899. The first kappa shape index (κ1) is 13.9. The van der Waals surface area contributed by atoms with Crippen LogP contribution in [0.2, 0.25) is 0 Å². The van der Waals surface area contributed by atoms with Gasteiger partial charge in [-0.05, 0) is 13.8 Å². The summed E-state index contributed by atoms with van der Waals surface area (Å²) in [6.45, 7) is 1.83. The Morgan fingerprint density at radius 1 is 1.33 bits per heavy atom. The van der Waals surface area contributed by atoms with E-state index in [0.29, 0.717) is 0 Å². The number of hydrogen-bond acceptors (Lipinski definition) is 4. The molecule has 0 aromatic carbocycles. The maximum Gasteiger partial charge on any atom is 0.428 e. The lowest BCUT2D eigenvalue weighted by atomic mass is 9.97. The Hall–Kier alpha value is -1.11. The molecule has 0 bridgehead atoms. The minimum Gasteiger partial charge on any atom is -0.464 e. The van der Waals surface area contributed by atoms with Crippen LogP contribution in [-0.2, 0) is 14.3 Å². The van der Waals surface area contributed by atoms with Crippen molar-refractivity contribution in [2.24, 2.45) is 0 Å². The molecule has 0 aromatic heterocycles. The minimum absolute atomic E-state index is 0.310. The third-order valence-corrected chi connectivity index (χ3v) is 1.59. The third kappa shape index (κ3) is 3.19. The molecule has 0 fully saturated rings. The highest BCUT2D eigenvalue weighted by Gasteiger charge is 2.61. The highest BCUT2D eigenvalue weighted by molar-refractivity contribution is 5.88. The summed E-state index contributed by atoms with van der Waals surface area (Å²) in [5, 5.41) is 9.10. The average Bonchev–Trinajstić information content (AvgIpc) is 2.01. The number of aliphatic hydroxyl groups is 1. The number of hydrogen-bond donors (Lipinski definition) is 1. The van der Waals surface area contributed by atoms with Crippen molar-refractivity contribution in [2.75, 3.05) is 6.61 Å². The van der Waals surface area contributed by atoms with Crippen molar-refractivity contribution in [3.05, 3.63) is 0 Å². The van der Waals surface area contributed by atoms with E-state index in [-0.39, 0.29) is 6.61 Å². The van der Waals surface area contributed by atoms with Gasteiger partial charge in [0, 0.05) is 0 Å². The predicted octanol–water partition coefficient (Wildman–Crippen LogP) is 0.822. The zero-order chi connectivity index (χ0) is 12.3. The van der Waals surface area contributed by atoms with E-state index in [1.54, 1.807) is 0 Å². The van der Waals surface area contributed by atoms with Crippen molar-refractivity contribution in [2.45, 2.75) is 32.0 Å². The molecule has 1 N–H and O–H groups in total. The summed E-state index contributed by atoms with van der Waals surface area (Å²) in [7, 11) is 0. The normalized spacial score (nSPS) is 15.6. The second-order valence-electron chi connectivity index (χ2n) is 2.96. The molecule has 1 unspecified atom stereocenters. The molecule has 0 aliphatic carbocycles. The van der Waals surface area contributed by atoms with E-state index in [1.165, 1.54) is 6.92 Å². The molecule has 15 heavy (non-hydrogen) atoms. The number of halogens is 3. The molecule has 88 valence electrons. The van der Waals surface area contributed by atoms with Crippen molar-refractivity contribution in [1.82, 2.24) is 0 Å². The molecule has 0 saturated carbocycles. The van der Waals surface area contributed by atoms with Crippen LogP contribution in [0.1, 0.15) is 20.3 Å². The molecule has 0 aliphatic rings. The quantitative estimate of drug-likeness (QED) is 0.723. The fraction of sp³-hybridized carbons (Fsp3) is 0.750. The van der Waals surface area contributed by atoms with Gasteiger partial charge in [-0.1, -0.05) is 0 Å². The van der Waals surface area contributed by atoms with Crippen molar-refractivity contribution in [1.29, 1.82) is 0 Å². The van der Waals surface area contributed by atoms with Gasteiger partial charge in [-0.25, -0.2) is 4.79 Å². The summed E-state index contributed by atoms with van der Waals surface area (Å²) in [5.41, 5.74) is -3.74. The zero-order valence-corrected chi connectivity index (χ0v) is 8.22. The SMILES string of the molecule is CCOC(=O)C(O)(CC(C)=O)C(F)(F)F. The van der Waals surface area contributed by atoms with E-state index in [1.807, 2.05) is 0 Å². The summed E-state index contributed by atoms with van der Waals surface area (Å²) in [6.07, 6.45) is -6.57. The number of carbonyl (C=O) groups is 2. The van der Waals surface area contributed by atoms with E-state index in [2.05, 4.69) is 4.74 Å². The highest BCUT2D eigenvalue weighted by Crippen LogP contribution is 2.34. The van der Waals surface area contributed by atoms with E-state index < -0.39 is 30.0 Å². The van der Waals surface area contributed by atoms with Crippen LogP contribution in [-0.4, -0.2) is 35.2 Å². The number of alkyl halides is 3. The van der Waals surface area contributed by atoms with Gasteiger partial charge < -0.3 is 9.84 Å². The monoisotopic (exact) mass is 228 g/mol. The van der Waals surface area contributed by atoms with E-state index in [4.69, 9.17) is 5.11 Å². The Bertz CT molecular complexity index is 261.